The molecule has 1 aliphatic carbocycles. The molecule has 1 amide bonds. The largest absolute Gasteiger partial charge is 0.447 e. The van der Waals surface area contributed by atoms with Crippen LogP contribution in [0.1, 0.15) is 24.8 Å². The molecule has 106 valence electrons. The number of para-hydroxylation sites is 1. The van der Waals surface area contributed by atoms with Gasteiger partial charge in [-0.25, -0.2) is 4.79 Å². The molecule has 1 saturated carbocycles. The maximum atomic E-state index is 12.0. The summed E-state index contributed by atoms with van der Waals surface area (Å²) in [6.07, 6.45) is 3.59. The first-order valence-corrected chi connectivity index (χ1v) is 7.57. The van der Waals surface area contributed by atoms with Crippen molar-refractivity contribution in [1.82, 2.24) is 4.90 Å². The molecule has 0 bridgehead atoms. The molecule has 0 aromatic heterocycles. The van der Waals surface area contributed by atoms with Gasteiger partial charge in [-0.05, 0) is 36.8 Å². The average Bonchev–Trinajstić information content (AvgIpc) is 3.17. The standard InChI is InChI=1S/C16H20N2O2/c19-16-18-14(11-20-16)7-8-17(9-12-5-6-12)10-13-3-1-2-4-15(13)18/h1-4,12,14H,5-11H2/t14-/m0/s1. The van der Waals surface area contributed by atoms with Gasteiger partial charge in [-0.2, -0.15) is 0 Å². The summed E-state index contributed by atoms with van der Waals surface area (Å²) in [5, 5.41) is 0. The second kappa shape index (κ2) is 4.77. The lowest BCUT2D eigenvalue weighted by molar-refractivity contribution is 0.177. The van der Waals surface area contributed by atoms with Gasteiger partial charge in [0.1, 0.15) is 6.61 Å². The fourth-order valence-corrected chi connectivity index (χ4v) is 3.32. The van der Waals surface area contributed by atoms with E-state index in [9.17, 15) is 4.79 Å². The molecular weight excluding hydrogens is 252 g/mol. The molecule has 1 saturated heterocycles. The van der Waals surface area contributed by atoms with Gasteiger partial charge in [-0.15, -0.1) is 0 Å². The van der Waals surface area contributed by atoms with E-state index in [1.54, 1.807) is 0 Å². The van der Waals surface area contributed by atoms with Crippen LogP contribution in [0.5, 0.6) is 0 Å². The van der Waals surface area contributed by atoms with Crippen LogP contribution in [0.2, 0.25) is 0 Å². The molecule has 2 aliphatic heterocycles. The van der Waals surface area contributed by atoms with Crippen molar-refractivity contribution in [3.8, 4) is 0 Å². The van der Waals surface area contributed by atoms with E-state index >= 15 is 0 Å². The summed E-state index contributed by atoms with van der Waals surface area (Å²) in [5.41, 5.74) is 2.29. The van der Waals surface area contributed by atoms with Crippen LogP contribution in [0.3, 0.4) is 0 Å². The Hall–Kier alpha value is -1.55. The Labute approximate surface area is 119 Å². The van der Waals surface area contributed by atoms with Crippen molar-refractivity contribution in [3.05, 3.63) is 29.8 Å². The number of hydrogen-bond acceptors (Lipinski definition) is 3. The van der Waals surface area contributed by atoms with Crippen molar-refractivity contribution in [2.45, 2.75) is 31.8 Å². The molecule has 1 atom stereocenters. The van der Waals surface area contributed by atoms with Crippen molar-refractivity contribution in [2.24, 2.45) is 5.92 Å². The summed E-state index contributed by atoms with van der Waals surface area (Å²) < 4.78 is 5.26. The van der Waals surface area contributed by atoms with E-state index in [1.807, 2.05) is 11.0 Å². The van der Waals surface area contributed by atoms with Crippen molar-refractivity contribution >= 4 is 11.8 Å². The Bertz CT molecular complexity index is 527. The molecular formula is C16H20N2O2. The van der Waals surface area contributed by atoms with E-state index in [1.165, 1.54) is 24.9 Å². The highest BCUT2D eigenvalue weighted by molar-refractivity contribution is 5.91. The summed E-state index contributed by atoms with van der Waals surface area (Å²) in [4.78, 5) is 16.4. The number of benzene rings is 1. The zero-order valence-corrected chi connectivity index (χ0v) is 11.6. The Balaban J connectivity index is 1.66. The predicted octanol–water partition coefficient (Wildman–Crippen LogP) is 2.63. The Morgan fingerprint density at radius 2 is 2.05 bits per heavy atom. The van der Waals surface area contributed by atoms with Gasteiger partial charge in [0.25, 0.3) is 0 Å². The van der Waals surface area contributed by atoms with Crippen LogP contribution in [0.4, 0.5) is 10.5 Å². The Morgan fingerprint density at radius 1 is 1.20 bits per heavy atom. The number of carbonyl (C=O) groups is 1. The molecule has 2 fully saturated rings. The smallest absolute Gasteiger partial charge is 0.414 e. The molecule has 3 aliphatic rings. The van der Waals surface area contributed by atoms with Gasteiger partial charge in [-0.1, -0.05) is 18.2 Å². The molecule has 2 heterocycles. The van der Waals surface area contributed by atoms with E-state index in [0.29, 0.717) is 6.61 Å². The highest BCUT2D eigenvalue weighted by atomic mass is 16.6. The number of hydrogen-bond donors (Lipinski definition) is 0. The van der Waals surface area contributed by atoms with Gasteiger partial charge in [0.15, 0.2) is 0 Å². The lowest BCUT2D eigenvalue weighted by Gasteiger charge is -2.32. The SMILES string of the molecule is O=C1OC[C@@H]2CCN(CC3CC3)Cc3ccccc3N12. The van der Waals surface area contributed by atoms with Gasteiger partial charge >= 0.3 is 6.09 Å². The van der Waals surface area contributed by atoms with Gasteiger partial charge < -0.3 is 4.74 Å². The van der Waals surface area contributed by atoms with Gasteiger partial charge in [0, 0.05) is 19.6 Å². The number of amides is 1. The lowest BCUT2D eigenvalue weighted by atomic mass is 10.1. The van der Waals surface area contributed by atoms with E-state index in [2.05, 4.69) is 23.1 Å². The number of cyclic esters (lactones) is 1. The van der Waals surface area contributed by atoms with Gasteiger partial charge in [-0.3, -0.25) is 9.80 Å². The number of carbonyl (C=O) groups excluding carboxylic acids is 1. The minimum Gasteiger partial charge on any atom is -0.447 e. The molecule has 0 unspecified atom stereocenters. The minimum absolute atomic E-state index is 0.182. The molecule has 4 heteroatoms. The van der Waals surface area contributed by atoms with Crippen LogP contribution < -0.4 is 4.90 Å². The first-order chi connectivity index (χ1) is 9.81. The average molecular weight is 272 g/mol. The second-order valence-electron chi connectivity index (χ2n) is 6.20. The van der Waals surface area contributed by atoms with Crippen molar-refractivity contribution < 1.29 is 9.53 Å². The van der Waals surface area contributed by atoms with E-state index in [4.69, 9.17) is 4.74 Å². The van der Waals surface area contributed by atoms with Crippen LogP contribution in [-0.4, -0.2) is 36.7 Å². The van der Waals surface area contributed by atoms with Gasteiger partial charge in [0.2, 0.25) is 0 Å². The van der Waals surface area contributed by atoms with Crippen LogP contribution in [-0.2, 0) is 11.3 Å². The van der Waals surface area contributed by atoms with Crippen molar-refractivity contribution in [1.29, 1.82) is 0 Å². The first-order valence-electron chi connectivity index (χ1n) is 7.57. The number of nitrogens with zero attached hydrogens (tertiary/aromatic N) is 2. The van der Waals surface area contributed by atoms with Crippen LogP contribution in [0.15, 0.2) is 24.3 Å². The molecule has 0 N–H and O–H groups in total. The number of rotatable bonds is 2. The Kier molecular flexibility index (Phi) is 2.91. The third-order valence-electron chi connectivity index (χ3n) is 4.60. The maximum Gasteiger partial charge on any atom is 0.414 e. The predicted molar refractivity (Wildman–Crippen MR) is 76.7 cm³/mol. The number of fused-ring (bicyclic) bond motifs is 3. The monoisotopic (exact) mass is 272 g/mol. The molecule has 0 radical (unpaired) electrons. The summed E-state index contributed by atoms with van der Waals surface area (Å²) in [6.45, 7) is 3.74. The fourth-order valence-electron chi connectivity index (χ4n) is 3.32. The summed E-state index contributed by atoms with van der Waals surface area (Å²) in [7, 11) is 0. The van der Waals surface area contributed by atoms with Crippen LogP contribution in [0, 0.1) is 5.92 Å². The van der Waals surface area contributed by atoms with E-state index in [-0.39, 0.29) is 12.1 Å². The lowest BCUT2D eigenvalue weighted by Crippen LogP contribution is -2.40. The normalized spacial score (nSPS) is 26.5. The number of ether oxygens (including phenoxy) is 1. The van der Waals surface area contributed by atoms with Crippen LogP contribution in [0.25, 0.3) is 0 Å². The quantitative estimate of drug-likeness (QED) is 0.829. The third-order valence-corrected chi connectivity index (χ3v) is 4.60. The molecule has 0 spiro atoms. The molecule has 1 aromatic rings. The van der Waals surface area contributed by atoms with E-state index in [0.717, 1.165) is 31.1 Å². The van der Waals surface area contributed by atoms with Crippen LogP contribution >= 0.6 is 0 Å². The highest BCUT2D eigenvalue weighted by Crippen LogP contribution is 2.34. The Morgan fingerprint density at radius 3 is 2.90 bits per heavy atom. The molecule has 4 rings (SSSR count). The first kappa shape index (κ1) is 12.2. The van der Waals surface area contributed by atoms with E-state index < -0.39 is 0 Å². The zero-order valence-electron chi connectivity index (χ0n) is 11.6. The molecule has 20 heavy (non-hydrogen) atoms. The minimum atomic E-state index is -0.182. The zero-order chi connectivity index (χ0) is 13.5. The summed E-state index contributed by atoms with van der Waals surface area (Å²) in [5.74, 6) is 0.902. The van der Waals surface area contributed by atoms with Gasteiger partial charge in [0.05, 0.1) is 11.7 Å². The van der Waals surface area contributed by atoms with Crippen molar-refractivity contribution in [2.75, 3.05) is 24.6 Å². The number of anilines is 1. The fraction of sp³-hybridized carbons (Fsp3) is 0.562. The topological polar surface area (TPSA) is 32.8 Å². The third kappa shape index (κ3) is 2.18. The van der Waals surface area contributed by atoms with Crippen molar-refractivity contribution in [3.63, 3.8) is 0 Å². The maximum absolute atomic E-state index is 12.0. The molecule has 4 nitrogen and oxygen atoms in total. The summed E-state index contributed by atoms with van der Waals surface area (Å²) in [6, 6.07) is 8.46. The summed E-state index contributed by atoms with van der Waals surface area (Å²) >= 11 is 0. The second-order valence-corrected chi connectivity index (χ2v) is 6.20. The molecule has 1 aromatic carbocycles. The highest BCUT2D eigenvalue weighted by Gasteiger charge is 2.37.